The summed E-state index contributed by atoms with van der Waals surface area (Å²) < 4.78 is 5.56. The van der Waals surface area contributed by atoms with Crippen LogP contribution in [-0.4, -0.2) is 44.6 Å². The maximum atomic E-state index is 5.56. The highest BCUT2D eigenvalue weighted by Crippen LogP contribution is 2.28. The predicted octanol–water partition coefficient (Wildman–Crippen LogP) is 1.27. The molecule has 8 heteroatoms. The normalized spacial score (nSPS) is 23.0. The van der Waals surface area contributed by atoms with Gasteiger partial charge in [0.15, 0.2) is 0 Å². The molecule has 0 saturated carbocycles. The van der Waals surface area contributed by atoms with Crippen LogP contribution in [0.15, 0.2) is 0 Å². The fourth-order valence-corrected chi connectivity index (χ4v) is 3.12. The first-order valence-corrected chi connectivity index (χ1v) is 7.83. The lowest BCUT2D eigenvalue weighted by Crippen LogP contribution is -2.45. The number of ether oxygens (including phenoxy) is 1. The van der Waals surface area contributed by atoms with Crippen LogP contribution in [0.2, 0.25) is 0 Å². The molecule has 1 aliphatic rings. The van der Waals surface area contributed by atoms with Crippen LogP contribution in [0.1, 0.15) is 27.7 Å². The van der Waals surface area contributed by atoms with Crippen molar-refractivity contribution in [2.75, 3.05) is 22.6 Å². The van der Waals surface area contributed by atoms with Crippen molar-refractivity contribution in [2.24, 2.45) is 5.84 Å². The molecule has 0 amide bonds. The van der Waals surface area contributed by atoms with Crippen molar-refractivity contribution >= 4 is 23.7 Å². The first kappa shape index (κ1) is 15.1. The van der Waals surface area contributed by atoms with E-state index in [-0.39, 0.29) is 6.10 Å². The zero-order chi connectivity index (χ0) is 14.7. The average molecular weight is 298 g/mol. The quantitative estimate of drug-likeness (QED) is 0.634. The summed E-state index contributed by atoms with van der Waals surface area (Å²) in [5.41, 5.74) is 2.47. The zero-order valence-electron chi connectivity index (χ0n) is 12.3. The molecule has 2 heterocycles. The van der Waals surface area contributed by atoms with E-state index >= 15 is 0 Å². The Labute approximate surface area is 123 Å². The SMILES string of the molecule is CC(C)Oc1nc(NN)nc(N2CCSC(C)C2C)n1. The zero-order valence-corrected chi connectivity index (χ0v) is 13.1. The number of hydrogen-bond acceptors (Lipinski definition) is 8. The maximum Gasteiger partial charge on any atom is 0.323 e. The van der Waals surface area contributed by atoms with Crippen LogP contribution in [-0.2, 0) is 0 Å². The van der Waals surface area contributed by atoms with Crippen molar-refractivity contribution in [3.05, 3.63) is 0 Å². The second-order valence-corrected chi connectivity index (χ2v) is 6.55. The highest BCUT2D eigenvalue weighted by molar-refractivity contribution is 8.00. The standard InChI is InChI=1S/C12H22N6OS/c1-7(2)19-12-15-10(17-13)14-11(16-12)18-5-6-20-9(4)8(18)3/h7-9H,5-6,13H2,1-4H3,(H,14,15,16,17). The molecule has 0 radical (unpaired) electrons. The number of anilines is 2. The predicted molar refractivity (Wildman–Crippen MR) is 82.1 cm³/mol. The number of nitrogens with one attached hydrogen (secondary N) is 1. The molecule has 0 aromatic carbocycles. The average Bonchev–Trinajstić information content (AvgIpc) is 2.40. The molecule has 112 valence electrons. The van der Waals surface area contributed by atoms with Crippen molar-refractivity contribution in [3.63, 3.8) is 0 Å². The molecule has 1 saturated heterocycles. The molecule has 7 nitrogen and oxygen atoms in total. The van der Waals surface area contributed by atoms with Crippen LogP contribution in [0, 0.1) is 0 Å². The Hall–Kier alpha value is -1.28. The Morgan fingerprint density at radius 1 is 1.35 bits per heavy atom. The van der Waals surface area contributed by atoms with Crippen LogP contribution in [0.25, 0.3) is 0 Å². The van der Waals surface area contributed by atoms with Crippen LogP contribution < -0.4 is 20.9 Å². The summed E-state index contributed by atoms with van der Waals surface area (Å²) in [5.74, 6) is 7.42. The smallest absolute Gasteiger partial charge is 0.323 e. The van der Waals surface area contributed by atoms with Gasteiger partial charge >= 0.3 is 6.01 Å². The van der Waals surface area contributed by atoms with Crippen molar-refractivity contribution in [2.45, 2.75) is 45.1 Å². The second-order valence-electron chi connectivity index (χ2n) is 5.06. The summed E-state index contributed by atoms with van der Waals surface area (Å²) in [6.45, 7) is 9.17. The van der Waals surface area contributed by atoms with Crippen LogP contribution in [0.3, 0.4) is 0 Å². The fraction of sp³-hybridized carbons (Fsp3) is 0.750. The number of hydrazine groups is 1. The van der Waals surface area contributed by atoms with Crippen LogP contribution in [0.4, 0.5) is 11.9 Å². The van der Waals surface area contributed by atoms with Gasteiger partial charge in [0.25, 0.3) is 0 Å². The highest BCUT2D eigenvalue weighted by Gasteiger charge is 2.28. The molecule has 1 fully saturated rings. The molecule has 0 aliphatic carbocycles. The van der Waals surface area contributed by atoms with E-state index in [2.05, 4.69) is 39.1 Å². The van der Waals surface area contributed by atoms with E-state index in [4.69, 9.17) is 10.6 Å². The van der Waals surface area contributed by atoms with E-state index in [9.17, 15) is 0 Å². The summed E-state index contributed by atoms with van der Waals surface area (Å²) >= 11 is 1.96. The van der Waals surface area contributed by atoms with Gasteiger partial charge in [0.2, 0.25) is 11.9 Å². The van der Waals surface area contributed by atoms with Crippen LogP contribution in [0.5, 0.6) is 6.01 Å². The number of nitrogen functional groups attached to an aromatic ring is 1. The minimum absolute atomic E-state index is 0.00383. The fourth-order valence-electron chi connectivity index (χ4n) is 2.02. The third-order valence-electron chi connectivity index (χ3n) is 3.21. The van der Waals surface area contributed by atoms with Gasteiger partial charge in [-0.25, -0.2) is 5.84 Å². The van der Waals surface area contributed by atoms with E-state index in [1.54, 1.807) is 0 Å². The van der Waals surface area contributed by atoms with Crippen molar-refractivity contribution < 1.29 is 4.74 Å². The van der Waals surface area contributed by atoms with Gasteiger partial charge in [0.1, 0.15) is 0 Å². The van der Waals surface area contributed by atoms with Crippen molar-refractivity contribution in [3.8, 4) is 6.01 Å². The molecule has 2 unspecified atom stereocenters. The summed E-state index contributed by atoms with van der Waals surface area (Å²) in [6.07, 6.45) is 0.00383. The number of thioether (sulfide) groups is 1. The minimum Gasteiger partial charge on any atom is -0.461 e. The topological polar surface area (TPSA) is 89.2 Å². The first-order valence-electron chi connectivity index (χ1n) is 6.79. The highest BCUT2D eigenvalue weighted by atomic mass is 32.2. The molecular weight excluding hydrogens is 276 g/mol. The molecule has 3 N–H and O–H groups in total. The van der Waals surface area contributed by atoms with Crippen molar-refractivity contribution in [1.29, 1.82) is 0 Å². The van der Waals surface area contributed by atoms with Gasteiger partial charge in [-0.05, 0) is 20.8 Å². The summed E-state index contributed by atoms with van der Waals surface area (Å²) in [6, 6.07) is 0.657. The molecule has 1 aromatic rings. The number of hydrogen-bond donors (Lipinski definition) is 2. The molecular formula is C12H22N6OS. The number of nitrogens with two attached hydrogens (primary N) is 1. The lowest BCUT2D eigenvalue weighted by atomic mass is 10.2. The van der Waals surface area contributed by atoms with E-state index < -0.39 is 0 Å². The molecule has 2 atom stereocenters. The monoisotopic (exact) mass is 298 g/mol. The summed E-state index contributed by atoms with van der Waals surface area (Å²) in [4.78, 5) is 15.0. The minimum atomic E-state index is 0.00383. The lowest BCUT2D eigenvalue weighted by molar-refractivity contribution is 0.222. The van der Waals surface area contributed by atoms with E-state index in [1.165, 1.54) is 0 Å². The third-order valence-corrected chi connectivity index (χ3v) is 4.55. The molecule has 20 heavy (non-hydrogen) atoms. The third kappa shape index (κ3) is 3.43. The van der Waals surface area contributed by atoms with Gasteiger partial charge in [-0.2, -0.15) is 26.7 Å². The number of rotatable bonds is 4. The molecule has 0 bridgehead atoms. The lowest BCUT2D eigenvalue weighted by Gasteiger charge is -2.37. The number of aromatic nitrogens is 3. The largest absolute Gasteiger partial charge is 0.461 e. The molecule has 1 aliphatic heterocycles. The van der Waals surface area contributed by atoms with Gasteiger partial charge in [-0.3, -0.25) is 5.43 Å². The van der Waals surface area contributed by atoms with Gasteiger partial charge < -0.3 is 9.64 Å². The second kappa shape index (κ2) is 6.45. The first-order chi connectivity index (χ1) is 9.51. The number of nitrogens with zero attached hydrogens (tertiary/aromatic N) is 4. The van der Waals surface area contributed by atoms with E-state index in [0.717, 1.165) is 12.3 Å². The van der Waals surface area contributed by atoms with Crippen molar-refractivity contribution in [1.82, 2.24) is 15.0 Å². The molecule has 0 spiro atoms. The summed E-state index contributed by atoms with van der Waals surface area (Å²) in [7, 11) is 0. The van der Waals surface area contributed by atoms with Crippen LogP contribution >= 0.6 is 11.8 Å². The van der Waals surface area contributed by atoms with E-state index in [0.29, 0.717) is 29.2 Å². The Kier molecular flexibility index (Phi) is 4.87. The Morgan fingerprint density at radius 2 is 2.10 bits per heavy atom. The Bertz CT molecular complexity index is 458. The Morgan fingerprint density at radius 3 is 2.75 bits per heavy atom. The maximum absolute atomic E-state index is 5.56. The molecule has 1 aromatic heterocycles. The van der Waals surface area contributed by atoms with Gasteiger partial charge in [-0.1, -0.05) is 6.92 Å². The van der Waals surface area contributed by atoms with Gasteiger partial charge in [-0.15, -0.1) is 0 Å². The Balaban J connectivity index is 2.29. The van der Waals surface area contributed by atoms with Gasteiger partial charge in [0.05, 0.1) is 6.10 Å². The molecule has 2 rings (SSSR count). The summed E-state index contributed by atoms with van der Waals surface area (Å²) in [5, 5.41) is 0.532. The van der Waals surface area contributed by atoms with Gasteiger partial charge in [0, 0.05) is 23.6 Å². The van der Waals surface area contributed by atoms with E-state index in [1.807, 2.05) is 25.6 Å².